The molecular weight excluding hydrogens is 321 g/mol. The molecule has 5 nitrogen and oxygen atoms in total. The van der Waals surface area contributed by atoms with Crippen LogP contribution in [0.15, 0.2) is 42.5 Å². The Morgan fingerprint density at radius 3 is 2.43 bits per heavy atom. The number of nitrogens with two attached hydrogens (primary N) is 1. The molecule has 0 heterocycles. The van der Waals surface area contributed by atoms with Gasteiger partial charge in [0, 0.05) is 12.2 Å². The molecule has 0 atom stereocenters. The molecule has 7 heteroatoms. The highest BCUT2D eigenvalue weighted by Crippen LogP contribution is 2.23. The van der Waals surface area contributed by atoms with Crippen LogP contribution < -0.4 is 16.4 Å². The van der Waals surface area contributed by atoms with Crippen molar-refractivity contribution in [1.29, 1.82) is 0 Å². The van der Waals surface area contributed by atoms with Crippen molar-refractivity contribution in [1.82, 2.24) is 5.32 Å². The molecule has 0 saturated heterocycles. The predicted octanol–water partition coefficient (Wildman–Crippen LogP) is 2.36. The average Bonchev–Trinajstić information content (AvgIpc) is 2.51. The Bertz CT molecular complexity index is 720. The molecule has 120 valence electrons. The number of carbonyl (C=O) groups is 2. The molecule has 2 aromatic rings. The molecule has 4 N–H and O–H groups in total. The highest BCUT2D eigenvalue weighted by molar-refractivity contribution is 6.41. The molecule has 0 aliphatic heterocycles. The van der Waals surface area contributed by atoms with Gasteiger partial charge in [-0.2, -0.15) is 0 Å². The van der Waals surface area contributed by atoms with Crippen LogP contribution in [-0.4, -0.2) is 18.4 Å². The van der Waals surface area contributed by atoms with Crippen molar-refractivity contribution in [3.63, 3.8) is 0 Å². The largest absolute Gasteiger partial charge is 0.399 e. The van der Waals surface area contributed by atoms with Gasteiger partial charge in [-0.3, -0.25) is 9.59 Å². The monoisotopic (exact) mass is 335 g/mol. The minimum absolute atomic E-state index is 0.248. The lowest BCUT2D eigenvalue weighted by Gasteiger charge is -2.08. The third kappa shape index (κ3) is 4.96. The fourth-order valence-corrected chi connectivity index (χ4v) is 2.10. The van der Waals surface area contributed by atoms with E-state index >= 15 is 0 Å². The Morgan fingerprint density at radius 1 is 1.09 bits per heavy atom. The van der Waals surface area contributed by atoms with Crippen molar-refractivity contribution in [2.75, 3.05) is 17.6 Å². The summed E-state index contributed by atoms with van der Waals surface area (Å²) < 4.78 is 12.8. The molecule has 0 bridgehead atoms. The smallest absolute Gasteiger partial charge is 0.313 e. The number of nitrogens with one attached hydrogen (secondary N) is 2. The summed E-state index contributed by atoms with van der Waals surface area (Å²) in [5.74, 6) is -1.92. The van der Waals surface area contributed by atoms with Crippen LogP contribution in [0.25, 0.3) is 0 Å². The van der Waals surface area contributed by atoms with Gasteiger partial charge < -0.3 is 16.4 Å². The van der Waals surface area contributed by atoms with Gasteiger partial charge >= 0.3 is 11.8 Å². The molecule has 0 spiro atoms. The lowest BCUT2D eigenvalue weighted by Crippen LogP contribution is -2.36. The lowest BCUT2D eigenvalue weighted by atomic mass is 10.1. The fourth-order valence-electron chi connectivity index (χ4n) is 1.86. The quantitative estimate of drug-likeness (QED) is 0.592. The minimum atomic E-state index is -0.823. The van der Waals surface area contributed by atoms with Crippen molar-refractivity contribution >= 4 is 34.8 Å². The van der Waals surface area contributed by atoms with Gasteiger partial charge in [0.2, 0.25) is 0 Å². The van der Waals surface area contributed by atoms with E-state index in [2.05, 4.69) is 10.6 Å². The number of carbonyl (C=O) groups excluding carboxylic acids is 2. The summed E-state index contributed by atoms with van der Waals surface area (Å²) >= 11 is 5.92. The number of hydrogen-bond donors (Lipinski definition) is 3. The first-order valence-electron chi connectivity index (χ1n) is 6.84. The van der Waals surface area contributed by atoms with Gasteiger partial charge in [-0.1, -0.05) is 23.7 Å². The second-order valence-electron chi connectivity index (χ2n) is 4.83. The Labute approximate surface area is 137 Å². The van der Waals surface area contributed by atoms with Crippen molar-refractivity contribution in [2.24, 2.45) is 0 Å². The molecule has 2 aromatic carbocycles. The van der Waals surface area contributed by atoms with Crippen LogP contribution >= 0.6 is 11.6 Å². The second-order valence-corrected chi connectivity index (χ2v) is 5.23. The highest BCUT2D eigenvalue weighted by atomic mass is 35.5. The maximum Gasteiger partial charge on any atom is 0.313 e. The van der Waals surface area contributed by atoms with Crippen LogP contribution in [0.2, 0.25) is 5.02 Å². The van der Waals surface area contributed by atoms with E-state index in [0.29, 0.717) is 17.8 Å². The topological polar surface area (TPSA) is 84.2 Å². The van der Waals surface area contributed by atoms with E-state index in [0.717, 1.165) is 5.56 Å². The Hall–Kier alpha value is -2.60. The molecule has 0 aliphatic carbocycles. The first kappa shape index (κ1) is 16.8. The molecule has 0 fully saturated rings. The Morgan fingerprint density at radius 2 is 1.78 bits per heavy atom. The Balaban J connectivity index is 1.83. The standard InChI is InChI=1S/C16H15ClFN3O2/c17-13-9-12(19)5-6-14(13)21-16(23)15(22)20-8-7-10-1-3-11(18)4-2-10/h1-6,9H,7-8,19H2,(H,20,22)(H,21,23). The number of amides is 2. The zero-order valence-corrected chi connectivity index (χ0v) is 12.9. The first-order chi connectivity index (χ1) is 11.0. The lowest BCUT2D eigenvalue weighted by molar-refractivity contribution is -0.136. The summed E-state index contributed by atoms with van der Waals surface area (Å²) in [4.78, 5) is 23.5. The number of rotatable bonds is 4. The van der Waals surface area contributed by atoms with Crippen molar-refractivity contribution < 1.29 is 14.0 Å². The zero-order chi connectivity index (χ0) is 16.8. The molecule has 0 aromatic heterocycles. The summed E-state index contributed by atoms with van der Waals surface area (Å²) in [7, 11) is 0. The van der Waals surface area contributed by atoms with E-state index in [9.17, 15) is 14.0 Å². The van der Waals surface area contributed by atoms with E-state index < -0.39 is 11.8 Å². The van der Waals surface area contributed by atoms with Crippen LogP contribution in [0.1, 0.15) is 5.56 Å². The summed E-state index contributed by atoms with van der Waals surface area (Å²) in [5, 5.41) is 5.14. The van der Waals surface area contributed by atoms with Crippen LogP contribution in [0.5, 0.6) is 0 Å². The fraction of sp³-hybridized carbons (Fsp3) is 0.125. The van der Waals surface area contributed by atoms with Crippen LogP contribution in [-0.2, 0) is 16.0 Å². The van der Waals surface area contributed by atoms with Gasteiger partial charge in [-0.15, -0.1) is 0 Å². The maximum absolute atomic E-state index is 12.8. The number of halogens is 2. The van der Waals surface area contributed by atoms with Gasteiger partial charge in [0.25, 0.3) is 0 Å². The van der Waals surface area contributed by atoms with Gasteiger partial charge in [-0.05, 0) is 42.3 Å². The molecular formula is C16H15ClFN3O2. The van der Waals surface area contributed by atoms with Gasteiger partial charge in [0.1, 0.15) is 5.82 Å². The summed E-state index contributed by atoms with van der Waals surface area (Å²) in [6, 6.07) is 10.5. The molecule has 23 heavy (non-hydrogen) atoms. The molecule has 0 unspecified atom stereocenters. The van der Waals surface area contributed by atoms with Crippen molar-refractivity contribution in [2.45, 2.75) is 6.42 Å². The normalized spacial score (nSPS) is 10.2. The Kier molecular flexibility index (Phi) is 5.54. The maximum atomic E-state index is 12.8. The van der Waals surface area contributed by atoms with E-state index in [-0.39, 0.29) is 17.4 Å². The van der Waals surface area contributed by atoms with E-state index in [1.54, 1.807) is 18.2 Å². The van der Waals surface area contributed by atoms with E-state index in [1.165, 1.54) is 24.3 Å². The summed E-state index contributed by atoms with van der Waals surface area (Å²) in [6.07, 6.45) is 0.488. The predicted molar refractivity (Wildman–Crippen MR) is 87.6 cm³/mol. The second kappa shape index (κ2) is 7.60. The number of hydrogen-bond acceptors (Lipinski definition) is 3. The molecule has 2 amide bonds. The highest BCUT2D eigenvalue weighted by Gasteiger charge is 2.14. The van der Waals surface area contributed by atoms with Gasteiger partial charge in [0.15, 0.2) is 0 Å². The minimum Gasteiger partial charge on any atom is -0.399 e. The van der Waals surface area contributed by atoms with Crippen molar-refractivity contribution in [3.05, 3.63) is 58.9 Å². The first-order valence-corrected chi connectivity index (χ1v) is 7.22. The van der Waals surface area contributed by atoms with Crippen molar-refractivity contribution in [3.8, 4) is 0 Å². The molecule has 0 radical (unpaired) electrons. The van der Waals surface area contributed by atoms with Crippen LogP contribution in [0, 0.1) is 5.82 Å². The third-order valence-corrected chi connectivity index (χ3v) is 3.37. The van der Waals surface area contributed by atoms with Gasteiger partial charge in [0.05, 0.1) is 10.7 Å². The summed E-state index contributed by atoms with van der Waals surface area (Å²) in [5.41, 5.74) is 7.16. The molecule has 0 saturated carbocycles. The van der Waals surface area contributed by atoms with Crippen LogP contribution in [0.3, 0.4) is 0 Å². The third-order valence-electron chi connectivity index (χ3n) is 3.06. The molecule has 2 rings (SSSR count). The summed E-state index contributed by atoms with van der Waals surface area (Å²) in [6.45, 7) is 0.257. The molecule has 0 aliphatic rings. The number of benzene rings is 2. The zero-order valence-electron chi connectivity index (χ0n) is 12.1. The SMILES string of the molecule is Nc1ccc(NC(=O)C(=O)NCCc2ccc(F)cc2)c(Cl)c1. The van der Waals surface area contributed by atoms with E-state index in [1.807, 2.05) is 0 Å². The number of nitrogen functional groups attached to an aromatic ring is 1. The van der Waals surface area contributed by atoms with E-state index in [4.69, 9.17) is 17.3 Å². The average molecular weight is 336 g/mol. The van der Waals surface area contributed by atoms with Gasteiger partial charge in [-0.25, -0.2) is 4.39 Å². The number of anilines is 2. The van der Waals surface area contributed by atoms with Crippen LogP contribution in [0.4, 0.5) is 15.8 Å².